The van der Waals surface area contributed by atoms with Crippen molar-refractivity contribution in [2.45, 2.75) is 57.5 Å². The third-order valence-electron chi connectivity index (χ3n) is 5.13. The van der Waals surface area contributed by atoms with Crippen LogP contribution >= 0.6 is 0 Å². The highest BCUT2D eigenvalue weighted by Crippen LogP contribution is 2.49. The Balaban J connectivity index is 1.63. The van der Waals surface area contributed by atoms with Crippen molar-refractivity contribution in [1.82, 2.24) is 14.5 Å². The molecule has 5 heteroatoms. The van der Waals surface area contributed by atoms with Crippen molar-refractivity contribution in [2.24, 2.45) is 5.41 Å². The fraction of sp³-hybridized carbons (Fsp3) is 0.765. The molecule has 1 saturated heterocycles. The summed E-state index contributed by atoms with van der Waals surface area (Å²) in [5.74, 6) is 0.378. The number of hydrogen-bond acceptors (Lipinski definition) is 3. The van der Waals surface area contributed by atoms with Crippen molar-refractivity contribution >= 4 is 5.91 Å². The molecule has 2 fully saturated rings. The number of likely N-dealkylation sites (tertiary alicyclic amines) is 1. The van der Waals surface area contributed by atoms with E-state index in [-0.39, 0.29) is 5.41 Å². The largest absolute Gasteiger partial charge is 0.385 e. The molecule has 1 atom stereocenters. The van der Waals surface area contributed by atoms with E-state index in [9.17, 15) is 4.79 Å². The molecular formula is C17H27N3O2. The van der Waals surface area contributed by atoms with Crippen LogP contribution in [0.5, 0.6) is 0 Å². The summed E-state index contributed by atoms with van der Waals surface area (Å²) in [5.41, 5.74) is -0.155. The molecule has 1 aliphatic carbocycles. The van der Waals surface area contributed by atoms with Crippen LogP contribution in [0.1, 0.15) is 44.9 Å². The van der Waals surface area contributed by atoms with Gasteiger partial charge in [-0.05, 0) is 44.9 Å². The standard InChI is InChI=1S/C17H27N3O2/c1-22-12-4-6-15-5-2-3-10-20(15)16(21)17(7-8-17)13-19-11-9-18-14-19/h9,11,14-15H,2-8,10,12-13H2,1H3. The molecule has 0 N–H and O–H groups in total. The smallest absolute Gasteiger partial charge is 0.230 e. The molecule has 22 heavy (non-hydrogen) atoms. The Morgan fingerprint density at radius 1 is 1.41 bits per heavy atom. The SMILES string of the molecule is COCCCC1CCCCN1C(=O)C1(Cn2ccnc2)CC1. The predicted octanol–water partition coefficient (Wildman–Crippen LogP) is 2.47. The Bertz CT molecular complexity index is 482. The third-order valence-corrected chi connectivity index (χ3v) is 5.13. The maximum absolute atomic E-state index is 13.1. The van der Waals surface area contributed by atoms with Gasteiger partial charge in [-0.2, -0.15) is 0 Å². The first-order valence-electron chi connectivity index (χ1n) is 8.51. The molecule has 0 bridgehead atoms. The van der Waals surface area contributed by atoms with Crippen LogP contribution in [0, 0.1) is 5.41 Å². The Morgan fingerprint density at radius 2 is 2.27 bits per heavy atom. The monoisotopic (exact) mass is 305 g/mol. The highest BCUT2D eigenvalue weighted by atomic mass is 16.5. The molecule has 0 radical (unpaired) electrons. The van der Waals surface area contributed by atoms with Crippen LogP contribution in [0.25, 0.3) is 0 Å². The molecule has 1 saturated carbocycles. The van der Waals surface area contributed by atoms with Crippen molar-refractivity contribution in [3.63, 3.8) is 0 Å². The first-order valence-corrected chi connectivity index (χ1v) is 8.51. The number of piperidine rings is 1. The van der Waals surface area contributed by atoms with Gasteiger partial charge in [0.15, 0.2) is 0 Å². The lowest BCUT2D eigenvalue weighted by molar-refractivity contribution is -0.141. The van der Waals surface area contributed by atoms with E-state index in [4.69, 9.17) is 4.74 Å². The summed E-state index contributed by atoms with van der Waals surface area (Å²) in [6, 6.07) is 0.414. The second kappa shape index (κ2) is 6.82. The molecule has 0 spiro atoms. The number of rotatable bonds is 7. The van der Waals surface area contributed by atoms with Gasteiger partial charge >= 0.3 is 0 Å². The first kappa shape index (κ1) is 15.5. The topological polar surface area (TPSA) is 47.4 Å². The average Bonchev–Trinajstić information content (AvgIpc) is 3.14. The number of carbonyl (C=O) groups is 1. The maximum atomic E-state index is 13.1. The zero-order chi connectivity index (χ0) is 15.4. The summed E-state index contributed by atoms with van der Waals surface area (Å²) < 4.78 is 7.22. The maximum Gasteiger partial charge on any atom is 0.230 e. The van der Waals surface area contributed by atoms with Gasteiger partial charge < -0.3 is 14.2 Å². The van der Waals surface area contributed by atoms with Gasteiger partial charge in [0.05, 0.1) is 11.7 Å². The Labute approximate surface area is 132 Å². The fourth-order valence-corrected chi connectivity index (χ4v) is 3.66. The molecule has 2 aliphatic rings. The normalized spacial score (nSPS) is 23.5. The van der Waals surface area contributed by atoms with Crippen LogP contribution in [0.2, 0.25) is 0 Å². The van der Waals surface area contributed by atoms with Gasteiger partial charge in [-0.15, -0.1) is 0 Å². The highest BCUT2D eigenvalue weighted by Gasteiger charge is 2.52. The van der Waals surface area contributed by atoms with E-state index in [0.717, 1.165) is 58.2 Å². The summed E-state index contributed by atoms with van der Waals surface area (Å²) >= 11 is 0. The van der Waals surface area contributed by atoms with E-state index >= 15 is 0 Å². The number of aromatic nitrogens is 2. The summed E-state index contributed by atoms with van der Waals surface area (Å²) in [5, 5.41) is 0. The van der Waals surface area contributed by atoms with Crippen LogP contribution in [-0.4, -0.2) is 46.7 Å². The van der Waals surface area contributed by atoms with Gasteiger partial charge in [0.2, 0.25) is 5.91 Å². The van der Waals surface area contributed by atoms with Crippen LogP contribution < -0.4 is 0 Å². The predicted molar refractivity (Wildman–Crippen MR) is 84.4 cm³/mol. The van der Waals surface area contributed by atoms with E-state index in [1.54, 1.807) is 13.3 Å². The number of amides is 1. The van der Waals surface area contributed by atoms with Crippen LogP contribution in [-0.2, 0) is 16.1 Å². The highest BCUT2D eigenvalue weighted by molar-refractivity contribution is 5.85. The lowest BCUT2D eigenvalue weighted by atomic mass is 9.94. The second-order valence-electron chi connectivity index (χ2n) is 6.80. The minimum absolute atomic E-state index is 0.155. The number of methoxy groups -OCH3 is 1. The van der Waals surface area contributed by atoms with Crippen LogP contribution in [0.15, 0.2) is 18.7 Å². The van der Waals surface area contributed by atoms with Gasteiger partial charge in [0.1, 0.15) is 0 Å². The Kier molecular flexibility index (Phi) is 4.81. The van der Waals surface area contributed by atoms with Gasteiger partial charge in [0, 0.05) is 45.2 Å². The molecule has 0 aromatic carbocycles. The number of ether oxygens (including phenoxy) is 1. The van der Waals surface area contributed by atoms with Crippen LogP contribution in [0.3, 0.4) is 0 Å². The molecular weight excluding hydrogens is 278 g/mol. The fourth-order valence-electron chi connectivity index (χ4n) is 3.66. The molecule has 1 aromatic heterocycles. The van der Waals surface area contributed by atoms with E-state index in [1.807, 2.05) is 12.5 Å². The van der Waals surface area contributed by atoms with Gasteiger partial charge in [-0.25, -0.2) is 4.98 Å². The van der Waals surface area contributed by atoms with Crippen LogP contribution in [0.4, 0.5) is 0 Å². The van der Waals surface area contributed by atoms with Crippen molar-refractivity contribution in [3.8, 4) is 0 Å². The van der Waals surface area contributed by atoms with E-state index < -0.39 is 0 Å². The molecule has 1 unspecified atom stereocenters. The summed E-state index contributed by atoms with van der Waals surface area (Å²) in [7, 11) is 1.74. The van der Waals surface area contributed by atoms with Crippen molar-refractivity contribution in [3.05, 3.63) is 18.7 Å². The third kappa shape index (κ3) is 3.35. The molecule has 2 heterocycles. The zero-order valence-corrected chi connectivity index (χ0v) is 13.5. The average molecular weight is 305 g/mol. The molecule has 122 valence electrons. The van der Waals surface area contributed by atoms with Gasteiger partial charge in [0.25, 0.3) is 0 Å². The first-order chi connectivity index (χ1) is 10.7. The summed E-state index contributed by atoms with van der Waals surface area (Å²) in [4.78, 5) is 19.4. The second-order valence-corrected chi connectivity index (χ2v) is 6.80. The molecule has 3 rings (SSSR count). The Morgan fingerprint density at radius 3 is 2.95 bits per heavy atom. The van der Waals surface area contributed by atoms with Crippen molar-refractivity contribution in [2.75, 3.05) is 20.3 Å². The van der Waals surface area contributed by atoms with E-state index in [0.29, 0.717) is 11.9 Å². The minimum Gasteiger partial charge on any atom is -0.385 e. The van der Waals surface area contributed by atoms with Crippen molar-refractivity contribution in [1.29, 1.82) is 0 Å². The van der Waals surface area contributed by atoms with Gasteiger partial charge in [-0.3, -0.25) is 4.79 Å². The molecule has 1 aromatic rings. The molecule has 1 aliphatic heterocycles. The lowest BCUT2D eigenvalue weighted by Crippen LogP contribution is -2.48. The summed E-state index contributed by atoms with van der Waals surface area (Å²) in [6.45, 7) is 2.51. The molecule has 5 nitrogen and oxygen atoms in total. The number of imidazole rings is 1. The number of carbonyl (C=O) groups excluding carboxylic acids is 1. The lowest BCUT2D eigenvalue weighted by Gasteiger charge is -2.38. The van der Waals surface area contributed by atoms with Crippen molar-refractivity contribution < 1.29 is 9.53 Å². The van der Waals surface area contributed by atoms with E-state index in [1.165, 1.54) is 6.42 Å². The molecule has 1 amide bonds. The summed E-state index contributed by atoms with van der Waals surface area (Å²) in [6.07, 6.45) is 13.3. The van der Waals surface area contributed by atoms with E-state index in [2.05, 4.69) is 14.5 Å². The zero-order valence-electron chi connectivity index (χ0n) is 13.5. The number of nitrogens with zero attached hydrogens (tertiary/aromatic N) is 3. The quantitative estimate of drug-likeness (QED) is 0.727. The Hall–Kier alpha value is -1.36. The van der Waals surface area contributed by atoms with Gasteiger partial charge in [-0.1, -0.05) is 0 Å². The minimum atomic E-state index is -0.155. The number of hydrogen-bond donors (Lipinski definition) is 0.